The second kappa shape index (κ2) is 3.14. The molecule has 2 radical (unpaired) electrons. The van der Waals surface area contributed by atoms with Crippen LogP contribution in [0.3, 0.4) is 0 Å². The second-order valence-electron chi connectivity index (χ2n) is 2.75. The zero-order valence-electron chi connectivity index (χ0n) is 7.43. The van der Waals surface area contributed by atoms with Crippen LogP contribution >= 0.6 is 0 Å². The highest BCUT2D eigenvalue weighted by Gasteiger charge is 2.05. The van der Waals surface area contributed by atoms with E-state index in [2.05, 4.69) is 19.9 Å². The maximum Gasteiger partial charge on any atom is 0.197 e. The Kier molecular flexibility index (Phi) is 1.96. The van der Waals surface area contributed by atoms with E-state index < -0.39 is 0 Å². The van der Waals surface area contributed by atoms with Gasteiger partial charge in [0.1, 0.15) is 13.4 Å². The molecule has 2 aromatic rings. The molecule has 0 spiro atoms. The van der Waals surface area contributed by atoms with Crippen LogP contribution in [0, 0.1) is 0 Å². The van der Waals surface area contributed by atoms with Crippen molar-refractivity contribution in [2.45, 2.75) is 6.92 Å². The Morgan fingerprint density at radius 1 is 1.29 bits per heavy atom. The van der Waals surface area contributed by atoms with Crippen molar-refractivity contribution in [3.63, 3.8) is 0 Å². The van der Waals surface area contributed by atoms with Gasteiger partial charge in [0.2, 0.25) is 0 Å². The van der Waals surface area contributed by atoms with Crippen molar-refractivity contribution in [2.75, 3.05) is 0 Å². The van der Waals surface area contributed by atoms with Gasteiger partial charge in [-0.15, -0.1) is 0 Å². The molecule has 0 amide bonds. The van der Waals surface area contributed by atoms with E-state index in [0.717, 1.165) is 0 Å². The maximum absolute atomic E-state index is 11.0. The van der Waals surface area contributed by atoms with E-state index in [1.54, 1.807) is 0 Å². The van der Waals surface area contributed by atoms with Crippen LogP contribution in [0.4, 0.5) is 0 Å². The third kappa shape index (κ3) is 1.46. The van der Waals surface area contributed by atoms with Crippen molar-refractivity contribution >= 4 is 30.4 Å². The van der Waals surface area contributed by atoms with Crippen LogP contribution < -0.4 is 5.59 Å². The molecule has 2 rings (SSSR count). The fourth-order valence-corrected chi connectivity index (χ4v) is 0.996. The summed E-state index contributed by atoms with van der Waals surface area (Å²) in [5.74, 6) is -0.0893. The molecule has 0 bridgehead atoms. The fourth-order valence-electron chi connectivity index (χ4n) is 0.996. The van der Waals surface area contributed by atoms with E-state index >= 15 is 0 Å². The van der Waals surface area contributed by atoms with Crippen molar-refractivity contribution < 1.29 is 4.79 Å². The number of hydrogen-bond acceptors (Lipinski definition) is 5. The number of ketones is 1. The summed E-state index contributed by atoms with van der Waals surface area (Å²) in [6.45, 7) is 1.39. The third-order valence-electron chi connectivity index (χ3n) is 1.64. The zero-order valence-corrected chi connectivity index (χ0v) is 7.43. The van der Waals surface area contributed by atoms with Gasteiger partial charge in [0.05, 0.1) is 6.20 Å². The zero-order chi connectivity index (χ0) is 10.1. The van der Waals surface area contributed by atoms with Gasteiger partial charge in [0, 0.05) is 18.7 Å². The Balaban J connectivity index is 2.69. The van der Waals surface area contributed by atoms with Crippen LogP contribution in [0.1, 0.15) is 17.5 Å². The van der Waals surface area contributed by atoms with Crippen molar-refractivity contribution in [3.8, 4) is 0 Å². The van der Waals surface area contributed by atoms with Gasteiger partial charge in [-0.3, -0.25) is 9.78 Å². The Bertz CT molecular complexity index is 514. The monoisotopic (exact) mass is 184 g/mol. The van der Waals surface area contributed by atoms with E-state index in [1.165, 1.54) is 19.3 Å². The lowest BCUT2D eigenvalue weighted by molar-refractivity contribution is 0.100. The lowest BCUT2D eigenvalue weighted by atomic mass is 10.1. The molecule has 14 heavy (non-hydrogen) atoms. The summed E-state index contributed by atoms with van der Waals surface area (Å²) in [6, 6.07) is 0. The molecule has 0 atom stereocenters. The fraction of sp³-hybridized carbons (Fsp3) is 0.125. The van der Waals surface area contributed by atoms with Crippen molar-refractivity contribution in [2.24, 2.45) is 0 Å². The van der Waals surface area contributed by atoms with Crippen LogP contribution in [0.15, 0.2) is 12.4 Å². The number of carbonyl (C=O) groups excluding carboxylic acids is 1. The van der Waals surface area contributed by atoms with Gasteiger partial charge in [-0.25, -0.2) is 15.0 Å². The van der Waals surface area contributed by atoms with E-state index in [1.807, 2.05) is 0 Å². The molecule has 0 aromatic carbocycles. The van der Waals surface area contributed by atoms with Crippen LogP contribution in [0.2, 0.25) is 0 Å². The highest BCUT2D eigenvalue weighted by molar-refractivity contribution is 6.30. The van der Waals surface area contributed by atoms with E-state index in [0.29, 0.717) is 11.2 Å². The summed E-state index contributed by atoms with van der Waals surface area (Å²) in [7, 11) is 5.43. The van der Waals surface area contributed by atoms with Gasteiger partial charge >= 0.3 is 0 Å². The van der Waals surface area contributed by atoms with Gasteiger partial charge in [-0.1, -0.05) is 0 Å². The molecule has 0 aliphatic rings. The predicted molar refractivity (Wildman–Crippen MR) is 50.5 cm³/mol. The molecule has 5 nitrogen and oxygen atoms in total. The maximum atomic E-state index is 11.0. The molecule has 0 fully saturated rings. The molecule has 0 N–H and O–H groups in total. The van der Waals surface area contributed by atoms with Crippen LogP contribution in [0.25, 0.3) is 11.2 Å². The average Bonchev–Trinajstić information content (AvgIpc) is 2.16. The summed E-state index contributed by atoms with van der Waals surface area (Å²) in [6.07, 6.45) is 2.87. The molecular formula is C8H5BN4O. The number of rotatable bonds is 1. The minimum Gasteiger partial charge on any atom is -0.291 e. The Morgan fingerprint density at radius 3 is 2.79 bits per heavy atom. The molecule has 0 aliphatic carbocycles. The molecule has 2 aromatic heterocycles. The first kappa shape index (κ1) is 8.74. The minimum atomic E-state index is -0.212. The number of nitrogens with zero attached hydrogens (tertiary/aromatic N) is 4. The first-order valence-electron chi connectivity index (χ1n) is 3.93. The van der Waals surface area contributed by atoms with Crippen LogP contribution in [0.5, 0.6) is 0 Å². The van der Waals surface area contributed by atoms with Crippen molar-refractivity contribution in [1.29, 1.82) is 0 Å². The summed E-state index contributed by atoms with van der Waals surface area (Å²) < 4.78 is 0. The lowest BCUT2D eigenvalue weighted by Gasteiger charge is -1.98. The Morgan fingerprint density at radius 2 is 2.07 bits per heavy atom. The van der Waals surface area contributed by atoms with E-state index in [9.17, 15) is 4.79 Å². The first-order valence-corrected chi connectivity index (χ1v) is 3.93. The Hall–Kier alpha value is -1.85. The topological polar surface area (TPSA) is 68.6 Å². The second-order valence-corrected chi connectivity index (χ2v) is 2.75. The molecule has 0 aliphatic heterocycles. The third-order valence-corrected chi connectivity index (χ3v) is 1.64. The predicted octanol–water partition coefficient (Wildman–Crippen LogP) is -0.584. The number of Topliss-reactive ketones (excluding diaryl/α,β-unsaturated/α-hetero) is 1. The van der Waals surface area contributed by atoms with Gasteiger partial charge < -0.3 is 0 Å². The number of hydrogen-bond donors (Lipinski definition) is 0. The van der Waals surface area contributed by atoms with Gasteiger partial charge in [0.25, 0.3) is 0 Å². The van der Waals surface area contributed by atoms with Crippen molar-refractivity contribution in [3.05, 3.63) is 18.2 Å². The largest absolute Gasteiger partial charge is 0.291 e. The summed E-state index contributed by atoms with van der Waals surface area (Å²) in [4.78, 5) is 26.6. The number of carbonyl (C=O) groups is 1. The lowest BCUT2D eigenvalue weighted by Crippen LogP contribution is -2.11. The molecule has 0 unspecified atom stereocenters. The standard InChI is InChI=1S/C8H5BN4O/c1-4(14)7-11-2-5-8(13-7)12-6(9)3-10-5/h2-3H,1H3. The van der Waals surface area contributed by atoms with Crippen molar-refractivity contribution in [1.82, 2.24) is 19.9 Å². The van der Waals surface area contributed by atoms with Gasteiger partial charge in [0.15, 0.2) is 17.3 Å². The molecule has 0 saturated carbocycles. The molecular weight excluding hydrogens is 179 g/mol. The van der Waals surface area contributed by atoms with E-state index in [4.69, 9.17) is 7.85 Å². The highest BCUT2D eigenvalue weighted by atomic mass is 16.1. The van der Waals surface area contributed by atoms with E-state index in [-0.39, 0.29) is 17.2 Å². The summed E-state index contributed by atoms with van der Waals surface area (Å²) in [5.41, 5.74) is 1.13. The highest BCUT2D eigenvalue weighted by Crippen LogP contribution is 2.02. The molecule has 6 heteroatoms. The SMILES string of the molecule is [B]c1cnc2cnc(C(C)=O)nc2n1. The van der Waals surface area contributed by atoms with Gasteiger partial charge in [-0.2, -0.15) is 0 Å². The molecule has 0 saturated heterocycles. The summed E-state index contributed by atoms with van der Waals surface area (Å²) >= 11 is 0. The number of fused-ring (bicyclic) bond motifs is 1. The van der Waals surface area contributed by atoms with Crippen LogP contribution in [-0.2, 0) is 0 Å². The smallest absolute Gasteiger partial charge is 0.197 e. The molecule has 2 heterocycles. The number of aromatic nitrogens is 4. The summed E-state index contributed by atoms with van der Waals surface area (Å²) in [5, 5.41) is 0. The molecule has 66 valence electrons. The normalized spacial score (nSPS) is 10.4. The average molecular weight is 184 g/mol. The van der Waals surface area contributed by atoms with Gasteiger partial charge in [-0.05, 0) is 0 Å². The quantitative estimate of drug-likeness (QED) is 0.437. The Labute approximate surface area is 81.0 Å². The minimum absolute atomic E-state index is 0.123. The first-order chi connectivity index (χ1) is 6.66. The van der Waals surface area contributed by atoms with Crippen LogP contribution in [-0.4, -0.2) is 33.6 Å².